The Hall–Kier alpha value is -2.50. The maximum absolute atomic E-state index is 12.7. The molecule has 1 saturated heterocycles. The van der Waals surface area contributed by atoms with E-state index in [1.165, 1.54) is 0 Å². The molecule has 1 aliphatic heterocycles. The van der Waals surface area contributed by atoms with Gasteiger partial charge in [-0.15, -0.1) is 0 Å². The van der Waals surface area contributed by atoms with Crippen LogP contribution in [0.25, 0.3) is 10.9 Å². The van der Waals surface area contributed by atoms with Crippen molar-refractivity contribution in [1.29, 1.82) is 0 Å². The minimum absolute atomic E-state index is 0.0901. The summed E-state index contributed by atoms with van der Waals surface area (Å²) in [6.45, 7) is 2.91. The van der Waals surface area contributed by atoms with Gasteiger partial charge in [0, 0.05) is 18.5 Å². The van der Waals surface area contributed by atoms with Crippen molar-refractivity contribution in [3.63, 3.8) is 0 Å². The molecule has 1 fully saturated rings. The first-order valence-electron chi connectivity index (χ1n) is 7.07. The summed E-state index contributed by atoms with van der Waals surface area (Å²) in [5, 5.41) is 3.69. The molecule has 1 aliphatic rings. The number of aromatic amines is 1. The summed E-state index contributed by atoms with van der Waals surface area (Å²) in [6.07, 6.45) is 0.597. The summed E-state index contributed by atoms with van der Waals surface area (Å²) in [5.41, 5.74) is 7.74. The third-order valence-electron chi connectivity index (χ3n) is 3.90. The fourth-order valence-corrected chi connectivity index (χ4v) is 2.81. The zero-order chi connectivity index (χ0) is 15.0. The highest BCUT2D eigenvalue weighted by atomic mass is 16.2. The molecule has 1 aromatic carbocycles. The largest absolute Gasteiger partial charge is 0.397 e. The molecule has 1 atom stereocenters. The van der Waals surface area contributed by atoms with E-state index in [2.05, 4.69) is 10.3 Å². The molecule has 21 heavy (non-hydrogen) atoms. The molecule has 4 N–H and O–H groups in total. The van der Waals surface area contributed by atoms with E-state index in [9.17, 15) is 9.59 Å². The van der Waals surface area contributed by atoms with Crippen molar-refractivity contribution in [2.75, 3.05) is 18.8 Å². The van der Waals surface area contributed by atoms with E-state index in [0.717, 1.165) is 10.9 Å². The second-order valence-electron chi connectivity index (χ2n) is 5.21. The Morgan fingerprint density at radius 3 is 3.00 bits per heavy atom. The van der Waals surface area contributed by atoms with Gasteiger partial charge in [0.05, 0.1) is 11.2 Å². The van der Waals surface area contributed by atoms with Crippen LogP contribution in [0, 0.1) is 0 Å². The van der Waals surface area contributed by atoms with Gasteiger partial charge in [0.25, 0.3) is 5.91 Å². The summed E-state index contributed by atoms with van der Waals surface area (Å²) in [5.74, 6) is -0.250. The SMILES string of the molecule is CCC1C(=O)NCCN1C(=O)c1cc2cccc(N)c2[nH]1. The minimum Gasteiger partial charge on any atom is -0.397 e. The van der Waals surface area contributed by atoms with Crippen LogP contribution >= 0.6 is 0 Å². The van der Waals surface area contributed by atoms with Crippen molar-refractivity contribution in [2.45, 2.75) is 19.4 Å². The quantitative estimate of drug-likeness (QED) is 0.722. The highest BCUT2D eigenvalue weighted by molar-refractivity contribution is 6.02. The van der Waals surface area contributed by atoms with Crippen molar-refractivity contribution < 1.29 is 9.59 Å². The Morgan fingerprint density at radius 2 is 2.29 bits per heavy atom. The number of aromatic nitrogens is 1. The van der Waals surface area contributed by atoms with Crippen LogP contribution in [0.1, 0.15) is 23.8 Å². The molecule has 3 rings (SSSR count). The topological polar surface area (TPSA) is 91.2 Å². The summed E-state index contributed by atoms with van der Waals surface area (Å²) in [7, 11) is 0. The fraction of sp³-hybridized carbons (Fsp3) is 0.333. The number of carbonyl (C=O) groups is 2. The lowest BCUT2D eigenvalue weighted by molar-refractivity contribution is -0.127. The average Bonchev–Trinajstić information content (AvgIpc) is 2.92. The van der Waals surface area contributed by atoms with Gasteiger partial charge in [-0.05, 0) is 18.6 Å². The molecule has 0 spiro atoms. The standard InChI is InChI=1S/C15H18N4O2/c1-2-12-14(20)17-6-7-19(12)15(21)11-8-9-4-3-5-10(16)13(9)18-11/h3-5,8,12,18H,2,6-7,16H2,1H3,(H,17,20). The van der Waals surface area contributed by atoms with Crippen molar-refractivity contribution in [2.24, 2.45) is 0 Å². The van der Waals surface area contributed by atoms with Gasteiger partial charge < -0.3 is 20.9 Å². The minimum atomic E-state index is -0.407. The average molecular weight is 286 g/mol. The van der Waals surface area contributed by atoms with Gasteiger partial charge in [0.15, 0.2) is 0 Å². The van der Waals surface area contributed by atoms with Crippen LogP contribution < -0.4 is 11.1 Å². The number of fused-ring (bicyclic) bond motifs is 1. The number of nitrogen functional groups attached to an aromatic ring is 1. The van der Waals surface area contributed by atoms with Crippen LogP contribution in [0.2, 0.25) is 0 Å². The maximum atomic E-state index is 12.7. The lowest BCUT2D eigenvalue weighted by atomic mass is 10.1. The van der Waals surface area contributed by atoms with E-state index in [0.29, 0.717) is 30.9 Å². The van der Waals surface area contributed by atoms with Crippen molar-refractivity contribution in [3.8, 4) is 0 Å². The monoisotopic (exact) mass is 286 g/mol. The van der Waals surface area contributed by atoms with E-state index >= 15 is 0 Å². The molecule has 0 saturated carbocycles. The third-order valence-corrected chi connectivity index (χ3v) is 3.90. The smallest absolute Gasteiger partial charge is 0.271 e. The van der Waals surface area contributed by atoms with Crippen molar-refractivity contribution in [3.05, 3.63) is 30.0 Å². The van der Waals surface area contributed by atoms with E-state index in [1.54, 1.807) is 17.0 Å². The number of benzene rings is 1. The Bertz CT molecular complexity index is 707. The second-order valence-corrected chi connectivity index (χ2v) is 5.21. The van der Waals surface area contributed by atoms with Gasteiger partial charge in [-0.1, -0.05) is 19.1 Å². The molecule has 0 aliphatic carbocycles. The number of piperazine rings is 1. The fourth-order valence-electron chi connectivity index (χ4n) is 2.81. The van der Waals surface area contributed by atoms with E-state index in [1.807, 2.05) is 19.1 Å². The first-order valence-corrected chi connectivity index (χ1v) is 7.07. The Balaban J connectivity index is 1.96. The number of hydrogen-bond donors (Lipinski definition) is 3. The molecule has 6 nitrogen and oxygen atoms in total. The predicted octanol–water partition coefficient (Wildman–Crippen LogP) is 1.10. The molecule has 2 amide bonds. The maximum Gasteiger partial charge on any atom is 0.271 e. The Labute approximate surface area is 122 Å². The molecular formula is C15H18N4O2. The van der Waals surface area contributed by atoms with Gasteiger partial charge in [0.2, 0.25) is 5.91 Å². The number of nitrogens with two attached hydrogens (primary N) is 1. The van der Waals surface area contributed by atoms with E-state index in [-0.39, 0.29) is 11.8 Å². The molecule has 0 radical (unpaired) electrons. The van der Waals surface area contributed by atoms with Crippen LogP contribution in [-0.2, 0) is 4.79 Å². The van der Waals surface area contributed by atoms with Gasteiger partial charge in [-0.2, -0.15) is 0 Å². The van der Waals surface area contributed by atoms with Crippen LogP contribution in [0.5, 0.6) is 0 Å². The van der Waals surface area contributed by atoms with Gasteiger partial charge in [-0.25, -0.2) is 0 Å². The Kier molecular flexibility index (Phi) is 3.29. The first kappa shape index (κ1) is 13.5. The number of H-pyrrole nitrogens is 1. The lowest BCUT2D eigenvalue weighted by Gasteiger charge is -2.34. The summed E-state index contributed by atoms with van der Waals surface area (Å²) in [6, 6.07) is 6.92. The van der Waals surface area contributed by atoms with Crippen LogP contribution in [0.4, 0.5) is 5.69 Å². The van der Waals surface area contributed by atoms with Gasteiger partial charge in [0.1, 0.15) is 11.7 Å². The number of rotatable bonds is 2. The van der Waals surface area contributed by atoms with Crippen molar-refractivity contribution >= 4 is 28.4 Å². The number of anilines is 1. The second kappa shape index (κ2) is 5.12. The zero-order valence-corrected chi connectivity index (χ0v) is 11.8. The zero-order valence-electron chi connectivity index (χ0n) is 11.8. The van der Waals surface area contributed by atoms with E-state index in [4.69, 9.17) is 5.73 Å². The molecule has 2 heterocycles. The molecule has 1 aromatic heterocycles. The molecule has 110 valence electrons. The van der Waals surface area contributed by atoms with Crippen LogP contribution in [0.15, 0.2) is 24.3 Å². The molecule has 6 heteroatoms. The Morgan fingerprint density at radius 1 is 1.48 bits per heavy atom. The molecule has 1 unspecified atom stereocenters. The summed E-state index contributed by atoms with van der Waals surface area (Å²) >= 11 is 0. The number of nitrogens with zero attached hydrogens (tertiary/aromatic N) is 1. The normalized spacial score (nSPS) is 18.8. The number of amides is 2. The molecule has 0 bridgehead atoms. The number of para-hydroxylation sites is 1. The number of nitrogens with one attached hydrogen (secondary N) is 2. The summed E-state index contributed by atoms with van der Waals surface area (Å²) in [4.78, 5) is 29.2. The number of carbonyl (C=O) groups excluding carboxylic acids is 2. The number of hydrogen-bond acceptors (Lipinski definition) is 3. The summed E-state index contributed by atoms with van der Waals surface area (Å²) < 4.78 is 0. The first-order chi connectivity index (χ1) is 10.1. The molecule has 2 aromatic rings. The third kappa shape index (κ3) is 2.22. The lowest BCUT2D eigenvalue weighted by Crippen LogP contribution is -2.56. The van der Waals surface area contributed by atoms with Gasteiger partial charge in [-0.3, -0.25) is 9.59 Å². The highest BCUT2D eigenvalue weighted by Crippen LogP contribution is 2.23. The predicted molar refractivity (Wildman–Crippen MR) is 80.8 cm³/mol. The molecular weight excluding hydrogens is 268 g/mol. The van der Waals surface area contributed by atoms with Gasteiger partial charge >= 0.3 is 0 Å². The van der Waals surface area contributed by atoms with Crippen LogP contribution in [0.3, 0.4) is 0 Å². The van der Waals surface area contributed by atoms with Crippen molar-refractivity contribution in [1.82, 2.24) is 15.2 Å². The highest BCUT2D eigenvalue weighted by Gasteiger charge is 2.32. The van der Waals surface area contributed by atoms with Crippen LogP contribution in [-0.4, -0.2) is 40.8 Å². The van der Waals surface area contributed by atoms with E-state index < -0.39 is 6.04 Å².